The van der Waals surface area contributed by atoms with E-state index in [4.69, 9.17) is 10.5 Å². The molecule has 6 heteroatoms. The number of hydrogen-bond acceptors (Lipinski definition) is 3. The summed E-state index contributed by atoms with van der Waals surface area (Å²) in [5.74, 6) is 1.23. The molecule has 0 aliphatic carbocycles. The summed E-state index contributed by atoms with van der Waals surface area (Å²) in [5.41, 5.74) is 5.89. The number of ether oxygens (including phenoxy) is 1. The molecule has 1 fully saturated rings. The van der Waals surface area contributed by atoms with Gasteiger partial charge in [-0.15, -0.1) is 0 Å². The first-order valence-corrected chi connectivity index (χ1v) is 7.59. The van der Waals surface area contributed by atoms with Crippen molar-refractivity contribution in [3.8, 4) is 5.75 Å². The molecule has 22 heavy (non-hydrogen) atoms. The Kier molecular flexibility index (Phi) is 5.63. The molecule has 0 spiro atoms. The maximum absolute atomic E-state index is 11.4. The van der Waals surface area contributed by atoms with E-state index in [-0.39, 0.29) is 11.9 Å². The molecule has 0 unspecified atom stereocenters. The molecule has 1 saturated heterocycles. The van der Waals surface area contributed by atoms with Gasteiger partial charge in [0.25, 0.3) is 5.91 Å². The van der Waals surface area contributed by atoms with Crippen LogP contribution < -0.4 is 15.8 Å². The third-order valence-electron chi connectivity index (χ3n) is 4.06. The van der Waals surface area contributed by atoms with E-state index >= 15 is 0 Å². The summed E-state index contributed by atoms with van der Waals surface area (Å²) in [4.78, 5) is 24.2. The number of likely N-dealkylation sites (tertiary alicyclic amines) is 1. The second-order valence-corrected chi connectivity index (χ2v) is 5.51. The van der Waals surface area contributed by atoms with Gasteiger partial charge in [-0.3, -0.25) is 4.79 Å². The van der Waals surface area contributed by atoms with Gasteiger partial charge in [0.2, 0.25) is 0 Å². The summed E-state index contributed by atoms with van der Waals surface area (Å²) in [6.45, 7) is 2.11. The van der Waals surface area contributed by atoms with Gasteiger partial charge in [-0.05, 0) is 49.4 Å². The predicted molar refractivity (Wildman–Crippen MR) is 83.8 cm³/mol. The summed E-state index contributed by atoms with van der Waals surface area (Å²) in [6, 6.07) is 6.78. The van der Waals surface area contributed by atoms with Crippen LogP contribution in [0, 0.1) is 5.92 Å². The van der Waals surface area contributed by atoms with E-state index in [0.29, 0.717) is 18.1 Å². The van der Waals surface area contributed by atoms with Gasteiger partial charge < -0.3 is 20.7 Å². The maximum Gasteiger partial charge on any atom is 0.314 e. The molecular weight excluding hydrogens is 282 g/mol. The van der Waals surface area contributed by atoms with Gasteiger partial charge in [0.05, 0.1) is 6.61 Å². The molecule has 0 saturated carbocycles. The number of carbonyl (C=O) groups excluding carboxylic acids is 2. The van der Waals surface area contributed by atoms with Crippen molar-refractivity contribution in [1.82, 2.24) is 10.2 Å². The van der Waals surface area contributed by atoms with Gasteiger partial charge in [-0.2, -0.15) is 0 Å². The number of primary amides is 1. The van der Waals surface area contributed by atoms with Crippen LogP contribution >= 0.6 is 0 Å². The van der Waals surface area contributed by atoms with Crippen molar-refractivity contribution in [2.45, 2.75) is 19.3 Å². The Balaban J connectivity index is 1.71. The Morgan fingerprint density at radius 1 is 1.27 bits per heavy atom. The van der Waals surface area contributed by atoms with Crippen molar-refractivity contribution in [1.29, 1.82) is 0 Å². The van der Waals surface area contributed by atoms with Crippen molar-refractivity contribution < 1.29 is 14.3 Å². The van der Waals surface area contributed by atoms with Gasteiger partial charge >= 0.3 is 6.03 Å². The van der Waals surface area contributed by atoms with Crippen LogP contribution in [0.4, 0.5) is 4.79 Å². The summed E-state index contributed by atoms with van der Waals surface area (Å²) in [5, 5.41) is 2.58. The van der Waals surface area contributed by atoms with E-state index < -0.39 is 0 Å². The van der Waals surface area contributed by atoms with Crippen LogP contribution in [0.25, 0.3) is 0 Å². The highest BCUT2D eigenvalue weighted by molar-refractivity contribution is 5.94. The highest BCUT2D eigenvalue weighted by Gasteiger charge is 2.20. The minimum Gasteiger partial charge on any atom is -0.494 e. The lowest BCUT2D eigenvalue weighted by molar-refractivity contribution is 0.0963. The molecule has 120 valence electrons. The molecule has 0 bridgehead atoms. The van der Waals surface area contributed by atoms with Crippen molar-refractivity contribution >= 4 is 11.9 Å². The summed E-state index contributed by atoms with van der Waals surface area (Å²) < 4.78 is 5.71. The van der Waals surface area contributed by atoms with Gasteiger partial charge in [-0.25, -0.2) is 4.79 Å². The number of piperidine rings is 1. The summed E-state index contributed by atoms with van der Waals surface area (Å²) in [6.07, 6.45) is 2.91. The van der Waals surface area contributed by atoms with Crippen molar-refractivity contribution in [3.63, 3.8) is 0 Å². The Labute approximate surface area is 130 Å². The van der Waals surface area contributed by atoms with E-state index in [2.05, 4.69) is 5.32 Å². The molecule has 6 nitrogen and oxygen atoms in total. The van der Waals surface area contributed by atoms with Crippen LogP contribution in [0.1, 0.15) is 29.6 Å². The number of hydrogen-bond donors (Lipinski definition) is 2. The zero-order valence-corrected chi connectivity index (χ0v) is 12.9. The molecule has 1 aliphatic rings. The average molecular weight is 305 g/mol. The van der Waals surface area contributed by atoms with Gasteiger partial charge in [0, 0.05) is 25.7 Å². The third-order valence-corrected chi connectivity index (χ3v) is 4.06. The number of amides is 3. The van der Waals surface area contributed by atoms with Crippen molar-refractivity contribution in [3.05, 3.63) is 29.8 Å². The summed E-state index contributed by atoms with van der Waals surface area (Å²) >= 11 is 0. The Morgan fingerprint density at radius 3 is 2.45 bits per heavy atom. The van der Waals surface area contributed by atoms with Crippen LogP contribution in [-0.4, -0.2) is 43.6 Å². The Hall–Kier alpha value is -2.24. The van der Waals surface area contributed by atoms with Crippen LogP contribution in [-0.2, 0) is 0 Å². The van der Waals surface area contributed by atoms with Gasteiger partial charge in [-0.1, -0.05) is 0 Å². The Morgan fingerprint density at radius 2 is 1.91 bits per heavy atom. The lowest BCUT2D eigenvalue weighted by atomic mass is 9.94. The number of nitrogens with one attached hydrogen (secondary N) is 1. The summed E-state index contributed by atoms with van der Waals surface area (Å²) in [7, 11) is 1.61. The van der Waals surface area contributed by atoms with Gasteiger partial charge in [0.15, 0.2) is 0 Å². The van der Waals surface area contributed by atoms with E-state index in [9.17, 15) is 9.59 Å². The molecule has 2 rings (SSSR count). The van der Waals surface area contributed by atoms with E-state index in [1.165, 1.54) is 0 Å². The monoisotopic (exact) mass is 305 g/mol. The average Bonchev–Trinajstić information content (AvgIpc) is 2.55. The zero-order chi connectivity index (χ0) is 15.9. The number of rotatable bonds is 5. The fourth-order valence-electron chi connectivity index (χ4n) is 2.63. The highest BCUT2D eigenvalue weighted by atomic mass is 16.5. The van der Waals surface area contributed by atoms with Crippen molar-refractivity contribution in [2.24, 2.45) is 11.7 Å². The zero-order valence-electron chi connectivity index (χ0n) is 12.9. The van der Waals surface area contributed by atoms with Crippen LogP contribution in [0.5, 0.6) is 5.75 Å². The van der Waals surface area contributed by atoms with E-state index in [1.807, 2.05) is 0 Å². The highest BCUT2D eigenvalue weighted by Crippen LogP contribution is 2.21. The fourth-order valence-corrected chi connectivity index (χ4v) is 2.63. The number of nitrogens with two attached hydrogens (primary N) is 1. The first-order chi connectivity index (χ1) is 10.6. The second-order valence-electron chi connectivity index (χ2n) is 5.51. The lowest BCUT2D eigenvalue weighted by Crippen LogP contribution is -2.41. The first kappa shape index (κ1) is 16.1. The van der Waals surface area contributed by atoms with E-state index in [1.54, 1.807) is 36.2 Å². The second kappa shape index (κ2) is 7.68. The Bertz CT molecular complexity index is 508. The molecule has 1 aromatic carbocycles. The largest absolute Gasteiger partial charge is 0.494 e. The standard InChI is InChI=1S/C16H23N3O3/c1-18-15(20)13-2-4-14(5-3-13)22-11-8-12-6-9-19(10-7-12)16(17)21/h2-5,12H,6-11H2,1H3,(H2,17,21)(H,18,20). The molecule has 3 N–H and O–H groups in total. The maximum atomic E-state index is 11.4. The predicted octanol–water partition coefficient (Wildman–Crippen LogP) is 1.61. The minimum absolute atomic E-state index is 0.104. The fraction of sp³-hybridized carbons (Fsp3) is 0.500. The molecule has 0 aromatic heterocycles. The van der Waals surface area contributed by atoms with Crippen LogP contribution in [0.2, 0.25) is 0 Å². The minimum atomic E-state index is -0.328. The quantitative estimate of drug-likeness (QED) is 0.866. The third kappa shape index (κ3) is 4.38. The number of urea groups is 1. The SMILES string of the molecule is CNC(=O)c1ccc(OCCC2CCN(C(N)=O)CC2)cc1. The number of nitrogens with zero attached hydrogens (tertiary/aromatic N) is 1. The number of benzene rings is 1. The molecule has 1 aliphatic heterocycles. The first-order valence-electron chi connectivity index (χ1n) is 7.59. The molecular formula is C16H23N3O3. The van der Waals surface area contributed by atoms with Crippen LogP contribution in [0.15, 0.2) is 24.3 Å². The molecule has 1 aromatic rings. The van der Waals surface area contributed by atoms with Crippen LogP contribution in [0.3, 0.4) is 0 Å². The molecule has 1 heterocycles. The number of carbonyl (C=O) groups is 2. The molecule has 0 atom stereocenters. The topological polar surface area (TPSA) is 84.7 Å². The van der Waals surface area contributed by atoms with Gasteiger partial charge in [0.1, 0.15) is 5.75 Å². The molecule has 0 radical (unpaired) electrons. The van der Waals surface area contributed by atoms with Crippen molar-refractivity contribution in [2.75, 3.05) is 26.7 Å². The smallest absolute Gasteiger partial charge is 0.314 e. The molecule has 3 amide bonds. The lowest BCUT2D eigenvalue weighted by Gasteiger charge is -2.30. The van der Waals surface area contributed by atoms with E-state index in [0.717, 1.165) is 38.1 Å². The normalized spacial score (nSPS) is 15.4.